The van der Waals surface area contributed by atoms with E-state index in [1.165, 1.54) is 21.9 Å². The van der Waals surface area contributed by atoms with Crippen LogP contribution in [0.5, 0.6) is 0 Å². The van der Waals surface area contributed by atoms with Crippen LogP contribution in [0, 0.1) is 24.1 Å². The topological polar surface area (TPSA) is 35.8 Å². The van der Waals surface area contributed by atoms with Crippen LogP contribution < -0.4 is 5.32 Å². The highest BCUT2D eigenvalue weighted by molar-refractivity contribution is 7.11. The molecule has 1 heterocycles. The highest BCUT2D eigenvalue weighted by Gasteiger charge is 2.09. The number of rotatable bonds is 4. The Morgan fingerprint density at radius 1 is 1.37 bits per heavy atom. The molecule has 0 amide bonds. The lowest BCUT2D eigenvalue weighted by Crippen LogP contribution is -2.18. The van der Waals surface area contributed by atoms with Crippen molar-refractivity contribution in [1.82, 2.24) is 0 Å². The monoisotopic (exact) mass is 274 g/mol. The molecule has 0 aliphatic rings. The fraction of sp³-hybridized carbons (Fsp3) is 0.267. The molecule has 0 aliphatic heterocycles. The first-order chi connectivity index (χ1) is 9.08. The van der Waals surface area contributed by atoms with Crippen LogP contribution in [-0.4, -0.2) is 6.04 Å². The molecule has 0 saturated heterocycles. The Hall–Kier alpha value is -1.86. The smallest absolute Gasteiger partial charge is 0.124 e. The van der Waals surface area contributed by atoms with Gasteiger partial charge in [-0.05, 0) is 44.2 Å². The molecule has 2 aromatic rings. The van der Waals surface area contributed by atoms with Gasteiger partial charge in [-0.25, -0.2) is 4.39 Å². The predicted octanol–water partition coefficient (Wildman–Crippen LogP) is 4.11. The van der Waals surface area contributed by atoms with Crippen molar-refractivity contribution in [1.29, 1.82) is 5.26 Å². The minimum Gasteiger partial charge on any atom is -0.381 e. The van der Waals surface area contributed by atoms with Crippen LogP contribution in [0.4, 0.5) is 10.1 Å². The van der Waals surface area contributed by atoms with Gasteiger partial charge in [-0.1, -0.05) is 0 Å². The van der Waals surface area contributed by atoms with Gasteiger partial charge in [0.2, 0.25) is 0 Å². The van der Waals surface area contributed by atoms with Gasteiger partial charge in [-0.3, -0.25) is 0 Å². The lowest BCUT2D eigenvalue weighted by Gasteiger charge is -2.15. The number of halogens is 1. The fourth-order valence-corrected chi connectivity index (χ4v) is 2.97. The van der Waals surface area contributed by atoms with E-state index in [9.17, 15) is 4.39 Å². The summed E-state index contributed by atoms with van der Waals surface area (Å²) in [6, 6.07) is 10.7. The summed E-state index contributed by atoms with van der Waals surface area (Å²) in [6.07, 6.45) is 0.890. The average Bonchev–Trinajstić information content (AvgIpc) is 2.76. The molecule has 1 unspecified atom stereocenters. The highest BCUT2D eigenvalue weighted by Crippen LogP contribution is 2.20. The summed E-state index contributed by atoms with van der Waals surface area (Å²) in [5, 5.41) is 12.3. The number of nitrogens with zero attached hydrogens (tertiary/aromatic N) is 1. The quantitative estimate of drug-likeness (QED) is 0.910. The van der Waals surface area contributed by atoms with E-state index in [1.807, 2.05) is 6.07 Å². The summed E-state index contributed by atoms with van der Waals surface area (Å²) in [6.45, 7) is 4.14. The maximum atomic E-state index is 13.0. The lowest BCUT2D eigenvalue weighted by molar-refractivity contribution is 0.627. The summed E-state index contributed by atoms with van der Waals surface area (Å²) >= 11 is 1.77. The van der Waals surface area contributed by atoms with Crippen molar-refractivity contribution in [2.45, 2.75) is 26.3 Å². The Kier molecular flexibility index (Phi) is 4.18. The fourth-order valence-electron chi connectivity index (χ4n) is 1.95. The maximum absolute atomic E-state index is 13.0. The van der Waals surface area contributed by atoms with E-state index < -0.39 is 0 Å². The number of nitriles is 1. The summed E-state index contributed by atoms with van der Waals surface area (Å²) in [4.78, 5) is 2.60. The first-order valence-electron chi connectivity index (χ1n) is 6.10. The Morgan fingerprint density at radius 2 is 2.16 bits per heavy atom. The molecule has 1 atom stereocenters. The van der Waals surface area contributed by atoms with Crippen LogP contribution in [0.3, 0.4) is 0 Å². The number of nitrogens with one attached hydrogen (secondary N) is 1. The number of hydrogen-bond acceptors (Lipinski definition) is 3. The zero-order chi connectivity index (χ0) is 13.8. The SMILES string of the molecule is Cc1ccc(CC(C)Nc2ccc(F)cc2C#N)s1. The van der Waals surface area contributed by atoms with Gasteiger partial charge < -0.3 is 5.32 Å². The summed E-state index contributed by atoms with van der Waals surface area (Å²) in [5.41, 5.74) is 1.03. The van der Waals surface area contributed by atoms with Crippen molar-refractivity contribution in [3.8, 4) is 6.07 Å². The van der Waals surface area contributed by atoms with E-state index in [0.29, 0.717) is 11.3 Å². The van der Waals surface area contributed by atoms with Gasteiger partial charge in [0.15, 0.2) is 0 Å². The standard InChI is InChI=1S/C15H15FN2S/c1-10(7-14-5-3-11(2)19-14)18-15-6-4-13(16)8-12(15)9-17/h3-6,8,10,18H,7H2,1-2H3. The molecule has 2 nitrogen and oxygen atoms in total. The summed E-state index contributed by atoms with van der Waals surface area (Å²) in [7, 11) is 0. The molecule has 0 saturated carbocycles. The zero-order valence-electron chi connectivity index (χ0n) is 10.9. The largest absolute Gasteiger partial charge is 0.381 e. The molecule has 1 aromatic carbocycles. The van der Waals surface area contributed by atoms with Gasteiger partial charge in [-0.15, -0.1) is 11.3 Å². The third kappa shape index (κ3) is 3.55. The second kappa shape index (κ2) is 5.85. The number of benzene rings is 1. The van der Waals surface area contributed by atoms with Gasteiger partial charge in [0.1, 0.15) is 11.9 Å². The van der Waals surface area contributed by atoms with Crippen LogP contribution in [0.15, 0.2) is 30.3 Å². The van der Waals surface area contributed by atoms with Crippen molar-refractivity contribution in [2.75, 3.05) is 5.32 Å². The van der Waals surface area contributed by atoms with E-state index in [4.69, 9.17) is 5.26 Å². The second-order valence-corrected chi connectivity index (χ2v) is 5.94. The van der Waals surface area contributed by atoms with Gasteiger partial charge in [0.25, 0.3) is 0 Å². The molecule has 19 heavy (non-hydrogen) atoms. The van der Waals surface area contributed by atoms with Crippen LogP contribution >= 0.6 is 11.3 Å². The number of aryl methyl sites for hydroxylation is 1. The van der Waals surface area contributed by atoms with E-state index in [-0.39, 0.29) is 11.9 Å². The molecular weight excluding hydrogens is 259 g/mol. The zero-order valence-corrected chi connectivity index (χ0v) is 11.7. The summed E-state index contributed by atoms with van der Waals surface area (Å²) in [5.74, 6) is -0.386. The van der Waals surface area contributed by atoms with E-state index in [1.54, 1.807) is 17.4 Å². The second-order valence-electron chi connectivity index (χ2n) is 4.56. The molecule has 0 fully saturated rings. The Morgan fingerprint density at radius 3 is 2.79 bits per heavy atom. The third-order valence-corrected chi connectivity index (χ3v) is 3.83. The van der Waals surface area contributed by atoms with Gasteiger partial charge in [0, 0.05) is 22.2 Å². The van der Waals surface area contributed by atoms with Crippen LogP contribution in [0.2, 0.25) is 0 Å². The molecule has 0 aliphatic carbocycles. The van der Waals surface area contributed by atoms with E-state index >= 15 is 0 Å². The van der Waals surface area contributed by atoms with E-state index in [0.717, 1.165) is 6.42 Å². The molecule has 4 heteroatoms. The minimum atomic E-state index is -0.386. The van der Waals surface area contributed by atoms with Crippen molar-refractivity contribution in [3.05, 3.63) is 51.5 Å². The molecule has 0 bridgehead atoms. The Labute approximate surface area is 116 Å². The molecule has 2 rings (SSSR count). The molecule has 1 N–H and O–H groups in total. The summed E-state index contributed by atoms with van der Waals surface area (Å²) < 4.78 is 13.0. The highest BCUT2D eigenvalue weighted by atomic mass is 32.1. The molecular formula is C15H15FN2S. The van der Waals surface area contributed by atoms with Crippen LogP contribution in [0.1, 0.15) is 22.2 Å². The van der Waals surface area contributed by atoms with Gasteiger partial charge >= 0.3 is 0 Å². The van der Waals surface area contributed by atoms with Crippen molar-refractivity contribution >= 4 is 17.0 Å². The first-order valence-corrected chi connectivity index (χ1v) is 6.91. The number of hydrogen-bond donors (Lipinski definition) is 1. The van der Waals surface area contributed by atoms with E-state index in [2.05, 4.69) is 31.3 Å². The number of anilines is 1. The van der Waals surface area contributed by atoms with Gasteiger partial charge in [0.05, 0.1) is 11.3 Å². The van der Waals surface area contributed by atoms with Crippen molar-refractivity contribution < 1.29 is 4.39 Å². The molecule has 98 valence electrons. The Balaban J connectivity index is 2.07. The van der Waals surface area contributed by atoms with Crippen molar-refractivity contribution in [3.63, 3.8) is 0 Å². The minimum absolute atomic E-state index is 0.190. The van der Waals surface area contributed by atoms with Gasteiger partial charge in [-0.2, -0.15) is 5.26 Å². The molecule has 0 radical (unpaired) electrons. The maximum Gasteiger partial charge on any atom is 0.124 e. The van der Waals surface area contributed by atoms with Crippen LogP contribution in [0.25, 0.3) is 0 Å². The normalized spacial score (nSPS) is 11.9. The molecule has 1 aromatic heterocycles. The van der Waals surface area contributed by atoms with Crippen molar-refractivity contribution in [2.24, 2.45) is 0 Å². The van der Waals surface area contributed by atoms with Crippen LogP contribution in [-0.2, 0) is 6.42 Å². The average molecular weight is 274 g/mol. The lowest BCUT2D eigenvalue weighted by atomic mass is 10.1. The Bertz CT molecular complexity index is 613. The predicted molar refractivity (Wildman–Crippen MR) is 77.0 cm³/mol. The number of thiophene rings is 1. The third-order valence-electron chi connectivity index (χ3n) is 2.81. The first kappa shape index (κ1) is 13.6. The molecule has 0 spiro atoms.